The first-order chi connectivity index (χ1) is 18.0. The van der Waals surface area contributed by atoms with Gasteiger partial charge in [0, 0.05) is 12.6 Å². The average molecular weight is 558 g/mol. The zero-order chi connectivity index (χ0) is 27.4. The van der Waals surface area contributed by atoms with Crippen LogP contribution in [-0.4, -0.2) is 51.7 Å². The molecule has 3 heterocycles. The van der Waals surface area contributed by atoms with Gasteiger partial charge in [-0.25, -0.2) is 9.78 Å². The van der Waals surface area contributed by atoms with Crippen LogP contribution in [0.5, 0.6) is 5.88 Å². The fourth-order valence-corrected chi connectivity index (χ4v) is 4.96. The largest absolute Gasteiger partial charge is 0.472 e. The van der Waals surface area contributed by atoms with E-state index in [2.05, 4.69) is 20.6 Å². The van der Waals surface area contributed by atoms with E-state index in [0.717, 1.165) is 24.0 Å². The van der Waals surface area contributed by atoms with Crippen molar-refractivity contribution in [1.82, 2.24) is 14.9 Å². The predicted octanol–water partition coefficient (Wildman–Crippen LogP) is 6.58. The summed E-state index contributed by atoms with van der Waals surface area (Å²) in [6, 6.07) is 9.17. The first kappa shape index (κ1) is 27.7. The number of nitrogens with zero attached hydrogens (tertiary/aromatic N) is 3. The lowest BCUT2D eigenvalue weighted by molar-refractivity contribution is 0.00722. The summed E-state index contributed by atoms with van der Waals surface area (Å²) < 4.78 is 11.7. The smallest absolute Gasteiger partial charge is 0.410 e. The van der Waals surface area contributed by atoms with E-state index in [-0.39, 0.29) is 18.1 Å². The molecule has 0 unspecified atom stereocenters. The molecule has 2 aromatic heterocycles. The van der Waals surface area contributed by atoms with Crippen LogP contribution in [0, 0.1) is 13.8 Å². The molecule has 0 saturated carbocycles. The molecular formula is C27H32ClN5O4S. The van der Waals surface area contributed by atoms with Crippen LogP contribution < -0.4 is 15.4 Å². The first-order valence-electron chi connectivity index (χ1n) is 12.4. The minimum Gasteiger partial charge on any atom is -0.472 e. The number of ether oxygens (including phenoxy) is 2. The molecular weight excluding hydrogens is 526 g/mol. The Hall–Kier alpha value is -3.37. The quantitative estimate of drug-likeness (QED) is 0.352. The van der Waals surface area contributed by atoms with E-state index in [1.807, 2.05) is 58.9 Å². The Morgan fingerprint density at radius 1 is 1.21 bits per heavy atom. The Balaban J connectivity index is 1.40. The van der Waals surface area contributed by atoms with Gasteiger partial charge in [-0.15, -0.1) is 0 Å². The number of aromatic nitrogens is 2. The molecule has 0 bridgehead atoms. The van der Waals surface area contributed by atoms with Gasteiger partial charge in [-0.1, -0.05) is 35.1 Å². The van der Waals surface area contributed by atoms with Crippen molar-refractivity contribution >= 4 is 51.6 Å². The maximum atomic E-state index is 12.8. The average Bonchev–Trinajstić information content (AvgIpc) is 3.29. The van der Waals surface area contributed by atoms with Crippen molar-refractivity contribution in [2.75, 3.05) is 23.7 Å². The Kier molecular flexibility index (Phi) is 8.42. The van der Waals surface area contributed by atoms with Gasteiger partial charge in [-0.2, -0.15) is 4.98 Å². The molecule has 2 N–H and O–H groups in total. The summed E-state index contributed by atoms with van der Waals surface area (Å²) in [4.78, 5) is 36.3. The minimum absolute atomic E-state index is 0.193. The third-order valence-corrected chi connectivity index (χ3v) is 6.91. The second-order valence-corrected chi connectivity index (χ2v) is 11.7. The van der Waals surface area contributed by atoms with Gasteiger partial charge in [0.2, 0.25) is 5.88 Å². The number of hydrogen-bond donors (Lipinski definition) is 2. The molecule has 1 aromatic carbocycles. The molecule has 0 spiro atoms. The first-order valence-corrected chi connectivity index (χ1v) is 13.6. The van der Waals surface area contributed by atoms with Crippen molar-refractivity contribution in [3.8, 4) is 5.88 Å². The fraction of sp³-hybridized carbons (Fsp3) is 0.407. The summed E-state index contributed by atoms with van der Waals surface area (Å²) in [5.41, 5.74) is 1.85. The zero-order valence-electron chi connectivity index (χ0n) is 22.1. The summed E-state index contributed by atoms with van der Waals surface area (Å²) in [5, 5.41) is 7.02. The van der Waals surface area contributed by atoms with E-state index in [0.29, 0.717) is 45.5 Å². The maximum Gasteiger partial charge on any atom is 0.410 e. The number of nitrogens with one attached hydrogen (secondary N) is 2. The molecule has 0 aliphatic carbocycles. The van der Waals surface area contributed by atoms with E-state index >= 15 is 0 Å². The summed E-state index contributed by atoms with van der Waals surface area (Å²) in [6.45, 7) is 10.5. The molecule has 2 amide bonds. The second kappa shape index (κ2) is 11.6. The highest BCUT2D eigenvalue weighted by atomic mass is 35.5. The van der Waals surface area contributed by atoms with Gasteiger partial charge in [-0.05, 0) is 70.7 Å². The number of aryl methyl sites for hydroxylation is 2. The molecule has 4 rings (SSSR count). The number of hydrogen-bond acceptors (Lipinski definition) is 8. The minimum atomic E-state index is -0.548. The van der Waals surface area contributed by atoms with Crippen LogP contribution in [0.3, 0.4) is 0 Å². The Bertz CT molecular complexity index is 1300. The molecule has 0 radical (unpaired) electrons. The summed E-state index contributed by atoms with van der Waals surface area (Å²) in [7, 11) is 0. The van der Waals surface area contributed by atoms with Crippen molar-refractivity contribution in [3.63, 3.8) is 0 Å². The van der Waals surface area contributed by atoms with Crippen molar-refractivity contribution in [2.45, 2.75) is 59.2 Å². The van der Waals surface area contributed by atoms with Crippen LogP contribution in [-0.2, 0) is 4.74 Å². The number of carbonyl (C=O) groups is 2. The lowest BCUT2D eigenvalue weighted by atomic mass is 10.1. The monoisotopic (exact) mass is 557 g/mol. The summed E-state index contributed by atoms with van der Waals surface area (Å²) in [5.74, 6) is 0.704. The molecule has 9 nitrogen and oxygen atoms in total. The number of piperidine rings is 1. The van der Waals surface area contributed by atoms with Gasteiger partial charge in [0.05, 0.1) is 23.5 Å². The van der Waals surface area contributed by atoms with Gasteiger partial charge >= 0.3 is 6.09 Å². The number of anilines is 3. The van der Waals surface area contributed by atoms with Crippen LogP contribution in [0.15, 0.2) is 36.5 Å². The van der Waals surface area contributed by atoms with Crippen LogP contribution in [0.4, 0.5) is 21.4 Å². The molecule has 1 saturated heterocycles. The Labute approximate surface area is 231 Å². The predicted molar refractivity (Wildman–Crippen MR) is 150 cm³/mol. The topological polar surface area (TPSA) is 106 Å². The van der Waals surface area contributed by atoms with E-state index in [1.165, 1.54) is 17.5 Å². The number of likely N-dealkylation sites (tertiary alicyclic amines) is 1. The fourth-order valence-electron chi connectivity index (χ4n) is 3.97. The number of halogens is 1. The van der Waals surface area contributed by atoms with Crippen LogP contribution in [0.1, 0.15) is 54.4 Å². The van der Waals surface area contributed by atoms with Crippen molar-refractivity contribution < 1.29 is 19.1 Å². The van der Waals surface area contributed by atoms with E-state index in [9.17, 15) is 9.59 Å². The highest BCUT2D eigenvalue weighted by Gasteiger charge is 2.29. The Morgan fingerprint density at radius 2 is 2.00 bits per heavy atom. The number of benzene rings is 1. The number of para-hydroxylation sites is 1. The third-order valence-electron chi connectivity index (χ3n) is 5.69. The highest BCUT2D eigenvalue weighted by Crippen LogP contribution is 2.29. The maximum absolute atomic E-state index is 12.8. The molecule has 202 valence electrons. The van der Waals surface area contributed by atoms with Crippen LogP contribution in [0.2, 0.25) is 5.02 Å². The summed E-state index contributed by atoms with van der Waals surface area (Å²) in [6.07, 6.45) is 2.61. The number of rotatable bonds is 6. The van der Waals surface area contributed by atoms with Crippen molar-refractivity contribution in [1.29, 1.82) is 0 Å². The Morgan fingerprint density at radius 3 is 2.74 bits per heavy atom. The van der Waals surface area contributed by atoms with Gasteiger partial charge in [0.15, 0.2) is 5.13 Å². The van der Waals surface area contributed by atoms with E-state index in [1.54, 1.807) is 11.0 Å². The molecule has 38 heavy (non-hydrogen) atoms. The molecule has 1 aliphatic heterocycles. The zero-order valence-corrected chi connectivity index (χ0v) is 23.7. The van der Waals surface area contributed by atoms with E-state index in [4.69, 9.17) is 21.1 Å². The lowest BCUT2D eigenvalue weighted by Gasteiger charge is -2.34. The van der Waals surface area contributed by atoms with Gasteiger partial charge < -0.3 is 25.0 Å². The molecule has 3 aromatic rings. The molecule has 1 aliphatic rings. The number of amides is 2. The SMILES string of the molecule is Cc1cc(Nc2ncc(C(=O)Nc3c(C)cccc3Cl)s2)nc(O[C@H]2CCCN(C(=O)OC(C)(C)C)C2)c1. The number of pyridine rings is 1. The van der Waals surface area contributed by atoms with Gasteiger partial charge in [0.25, 0.3) is 5.91 Å². The van der Waals surface area contributed by atoms with Crippen LogP contribution in [0.25, 0.3) is 0 Å². The second-order valence-electron chi connectivity index (χ2n) is 10.2. The van der Waals surface area contributed by atoms with Gasteiger partial charge in [-0.3, -0.25) is 4.79 Å². The van der Waals surface area contributed by atoms with Crippen LogP contribution >= 0.6 is 22.9 Å². The molecule has 1 atom stereocenters. The van der Waals surface area contributed by atoms with E-state index < -0.39 is 5.60 Å². The van der Waals surface area contributed by atoms with Gasteiger partial charge in [0.1, 0.15) is 22.4 Å². The molecule has 11 heteroatoms. The standard InChI is InChI=1S/C27H32ClN5O4S/c1-16-12-21(30-22(13-16)36-18-9-7-11-33(15-18)26(35)37-27(3,4)5)31-25-29-14-20(38-25)24(34)32-23-17(2)8-6-10-19(23)28/h6,8,10,12-14,18H,7,9,11,15H2,1-5H3,(H,32,34)(H,29,30,31)/t18-/m0/s1. The number of thiazole rings is 1. The third kappa shape index (κ3) is 7.35. The lowest BCUT2D eigenvalue weighted by Crippen LogP contribution is -2.46. The van der Waals surface area contributed by atoms with Crippen molar-refractivity contribution in [3.05, 3.63) is 57.6 Å². The normalized spacial score (nSPS) is 15.6. The molecule has 1 fully saturated rings. The van der Waals surface area contributed by atoms with Crippen molar-refractivity contribution in [2.24, 2.45) is 0 Å². The number of carbonyl (C=O) groups excluding carboxylic acids is 2. The highest BCUT2D eigenvalue weighted by molar-refractivity contribution is 7.17. The summed E-state index contributed by atoms with van der Waals surface area (Å²) >= 11 is 7.44.